The molecule has 1 amide bonds. The Morgan fingerprint density at radius 1 is 1.25 bits per heavy atom. The lowest BCUT2D eigenvalue weighted by atomic mass is 10.2. The minimum absolute atomic E-state index is 0.0147. The number of nitrogens with zero attached hydrogens (tertiary/aromatic N) is 3. The minimum atomic E-state index is -0.481. The number of hydrogen-bond acceptors (Lipinski definition) is 5. The highest BCUT2D eigenvalue weighted by atomic mass is 35.5. The van der Waals surface area contributed by atoms with E-state index in [-0.39, 0.29) is 11.5 Å². The van der Waals surface area contributed by atoms with Crippen LogP contribution in [0.4, 0.5) is 11.5 Å². The number of nitrogens with one attached hydrogen (secondary N) is 1. The molecule has 7 nitrogen and oxygen atoms in total. The summed E-state index contributed by atoms with van der Waals surface area (Å²) in [5.74, 6) is 0.168. The van der Waals surface area contributed by atoms with Crippen molar-refractivity contribution in [2.24, 2.45) is 0 Å². The molecule has 3 aromatic rings. The van der Waals surface area contributed by atoms with Crippen LogP contribution in [0.5, 0.6) is 5.75 Å². The van der Waals surface area contributed by atoms with Crippen LogP contribution < -0.4 is 15.8 Å². The summed E-state index contributed by atoms with van der Waals surface area (Å²) in [6, 6.07) is 14.0. The van der Waals surface area contributed by atoms with Crippen LogP contribution in [0.3, 0.4) is 0 Å². The number of rotatable bonds is 4. The first-order chi connectivity index (χ1) is 11.6. The van der Waals surface area contributed by atoms with Gasteiger partial charge in [-0.3, -0.25) is 4.79 Å². The SMILES string of the molecule is COc1ccccc1NC(=O)c1nnn(-c2cccc(Cl)c2)c1N. The van der Waals surface area contributed by atoms with E-state index in [9.17, 15) is 4.79 Å². The molecule has 0 aliphatic carbocycles. The van der Waals surface area contributed by atoms with Gasteiger partial charge in [0.05, 0.1) is 18.5 Å². The van der Waals surface area contributed by atoms with Crippen molar-refractivity contribution in [3.05, 3.63) is 59.2 Å². The first-order valence-electron chi connectivity index (χ1n) is 7.01. The van der Waals surface area contributed by atoms with Crippen LogP contribution in [-0.2, 0) is 0 Å². The zero-order valence-electron chi connectivity index (χ0n) is 12.7. The molecule has 0 aliphatic heterocycles. The van der Waals surface area contributed by atoms with Gasteiger partial charge in [-0.15, -0.1) is 5.10 Å². The summed E-state index contributed by atoms with van der Waals surface area (Å²) in [5, 5.41) is 11.0. The monoisotopic (exact) mass is 343 g/mol. The number of aromatic nitrogens is 3. The van der Waals surface area contributed by atoms with Crippen molar-refractivity contribution >= 4 is 29.0 Å². The topological polar surface area (TPSA) is 95.1 Å². The number of hydrogen-bond donors (Lipinski definition) is 2. The van der Waals surface area contributed by atoms with Gasteiger partial charge in [0.1, 0.15) is 5.75 Å². The van der Waals surface area contributed by atoms with Gasteiger partial charge in [-0.2, -0.15) is 4.68 Å². The van der Waals surface area contributed by atoms with Gasteiger partial charge in [0.15, 0.2) is 11.5 Å². The average molecular weight is 344 g/mol. The first-order valence-corrected chi connectivity index (χ1v) is 7.39. The molecule has 0 radical (unpaired) electrons. The Kier molecular flexibility index (Phi) is 4.35. The molecule has 0 bridgehead atoms. The van der Waals surface area contributed by atoms with Crippen LogP contribution in [0.15, 0.2) is 48.5 Å². The first kappa shape index (κ1) is 15.8. The molecule has 1 heterocycles. The summed E-state index contributed by atoms with van der Waals surface area (Å²) in [6.07, 6.45) is 0. The highest BCUT2D eigenvalue weighted by Gasteiger charge is 2.19. The molecule has 122 valence electrons. The van der Waals surface area contributed by atoms with E-state index in [4.69, 9.17) is 22.1 Å². The number of nitrogens with two attached hydrogens (primary N) is 1. The number of benzene rings is 2. The molecule has 24 heavy (non-hydrogen) atoms. The van der Waals surface area contributed by atoms with Crippen LogP contribution in [0.1, 0.15) is 10.5 Å². The number of amides is 1. The van der Waals surface area contributed by atoms with Crippen molar-refractivity contribution in [2.45, 2.75) is 0 Å². The zero-order chi connectivity index (χ0) is 17.1. The normalized spacial score (nSPS) is 10.4. The van der Waals surface area contributed by atoms with Crippen LogP contribution in [0.25, 0.3) is 5.69 Å². The van der Waals surface area contributed by atoms with Crippen molar-refractivity contribution < 1.29 is 9.53 Å². The van der Waals surface area contributed by atoms with Crippen molar-refractivity contribution in [3.8, 4) is 11.4 Å². The molecule has 0 unspecified atom stereocenters. The highest BCUT2D eigenvalue weighted by Crippen LogP contribution is 2.24. The maximum atomic E-state index is 12.4. The van der Waals surface area contributed by atoms with E-state index in [0.717, 1.165) is 0 Å². The van der Waals surface area contributed by atoms with Crippen molar-refractivity contribution in [3.63, 3.8) is 0 Å². The van der Waals surface area contributed by atoms with E-state index < -0.39 is 5.91 Å². The Morgan fingerprint density at radius 2 is 2.04 bits per heavy atom. The lowest BCUT2D eigenvalue weighted by Gasteiger charge is -2.09. The summed E-state index contributed by atoms with van der Waals surface area (Å²) in [5.41, 5.74) is 7.16. The van der Waals surface area contributed by atoms with Gasteiger partial charge >= 0.3 is 0 Å². The van der Waals surface area contributed by atoms with E-state index in [1.165, 1.54) is 11.8 Å². The number of anilines is 2. The van der Waals surface area contributed by atoms with Crippen LogP contribution >= 0.6 is 11.6 Å². The standard InChI is InChI=1S/C16H14ClN5O2/c1-24-13-8-3-2-7-12(13)19-16(23)14-15(18)22(21-20-14)11-6-4-5-10(17)9-11/h2-9H,18H2,1H3,(H,19,23). The van der Waals surface area contributed by atoms with Crippen molar-refractivity contribution in [2.75, 3.05) is 18.2 Å². The van der Waals surface area contributed by atoms with Crippen molar-refractivity contribution in [1.29, 1.82) is 0 Å². The van der Waals surface area contributed by atoms with E-state index >= 15 is 0 Å². The minimum Gasteiger partial charge on any atom is -0.495 e. The van der Waals surface area contributed by atoms with Gasteiger partial charge in [0.2, 0.25) is 0 Å². The van der Waals surface area contributed by atoms with Gasteiger partial charge in [0.25, 0.3) is 5.91 Å². The molecule has 0 fully saturated rings. The van der Waals surface area contributed by atoms with Gasteiger partial charge < -0.3 is 15.8 Å². The Morgan fingerprint density at radius 3 is 2.79 bits per heavy atom. The lowest BCUT2D eigenvalue weighted by Crippen LogP contribution is -2.15. The molecule has 0 atom stereocenters. The fraction of sp³-hybridized carbons (Fsp3) is 0.0625. The molecule has 3 rings (SSSR count). The molecule has 3 N–H and O–H groups in total. The van der Waals surface area contributed by atoms with Crippen molar-refractivity contribution in [1.82, 2.24) is 15.0 Å². The second-order valence-electron chi connectivity index (χ2n) is 4.87. The van der Waals surface area contributed by atoms with E-state index in [1.807, 2.05) is 0 Å². The third-order valence-corrected chi connectivity index (χ3v) is 3.56. The fourth-order valence-corrected chi connectivity index (χ4v) is 2.36. The summed E-state index contributed by atoms with van der Waals surface area (Å²) in [6.45, 7) is 0. The number of ether oxygens (including phenoxy) is 1. The molecular weight excluding hydrogens is 330 g/mol. The summed E-state index contributed by atoms with van der Waals surface area (Å²) < 4.78 is 6.55. The predicted octanol–water partition coefficient (Wildman–Crippen LogP) is 2.76. The highest BCUT2D eigenvalue weighted by molar-refractivity contribution is 6.30. The number of para-hydroxylation sites is 2. The number of carbonyl (C=O) groups is 1. The average Bonchev–Trinajstić information content (AvgIpc) is 2.97. The van der Waals surface area contributed by atoms with E-state index in [2.05, 4.69) is 15.6 Å². The molecule has 0 saturated carbocycles. The third kappa shape index (κ3) is 3.02. The molecule has 8 heteroatoms. The molecule has 2 aromatic carbocycles. The van der Waals surface area contributed by atoms with Gasteiger partial charge in [-0.25, -0.2) is 0 Å². The molecule has 0 saturated heterocycles. The Bertz CT molecular complexity index is 894. The quantitative estimate of drug-likeness (QED) is 0.759. The van der Waals surface area contributed by atoms with Crippen LogP contribution in [0, 0.1) is 0 Å². The Balaban J connectivity index is 1.89. The van der Waals surface area contributed by atoms with E-state index in [0.29, 0.717) is 22.1 Å². The summed E-state index contributed by atoms with van der Waals surface area (Å²) >= 11 is 5.96. The summed E-state index contributed by atoms with van der Waals surface area (Å²) in [4.78, 5) is 12.4. The molecular formula is C16H14ClN5O2. The van der Waals surface area contributed by atoms with Crippen LogP contribution in [0.2, 0.25) is 5.02 Å². The smallest absolute Gasteiger partial charge is 0.280 e. The second kappa shape index (κ2) is 6.59. The number of carbonyl (C=O) groups excluding carboxylic acids is 1. The molecule has 1 aromatic heterocycles. The predicted molar refractivity (Wildman–Crippen MR) is 91.7 cm³/mol. The zero-order valence-corrected chi connectivity index (χ0v) is 13.5. The van der Waals surface area contributed by atoms with Crippen LogP contribution in [-0.4, -0.2) is 28.0 Å². The molecule has 0 spiro atoms. The maximum Gasteiger partial charge on any atom is 0.280 e. The molecule has 0 aliphatic rings. The third-order valence-electron chi connectivity index (χ3n) is 3.33. The largest absolute Gasteiger partial charge is 0.495 e. The van der Waals surface area contributed by atoms with Gasteiger partial charge in [-0.1, -0.05) is 35.0 Å². The maximum absolute atomic E-state index is 12.4. The van der Waals surface area contributed by atoms with Gasteiger partial charge in [-0.05, 0) is 30.3 Å². The number of nitrogen functional groups attached to an aromatic ring is 1. The Hall–Kier alpha value is -3.06. The number of methoxy groups -OCH3 is 1. The van der Waals surface area contributed by atoms with E-state index in [1.54, 1.807) is 48.5 Å². The second-order valence-corrected chi connectivity index (χ2v) is 5.31. The summed E-state index contributed by atoms with van der Waals surface area (Å²) in [7, 11) is 1.52. The Labute approximate surface area is 143 Å². The number of halogens is 1. The fourth-order valence-electron chi connectivity index (χ4n) is 2.18. The lowest BCUT2D eigenvalue weighted by molar-refractivity contribution is 0.102. The van der Waals surface area contributed by atoms with Gasteiger partial charge in [0, 0.05) is 5.02 Å².